The van der Waals surface area contributed by atoms with E-state index >= 15 is 0 Å². The normalized spacial score (nSPS) is 10.8. The molecule has 29 heavy (non-hydrogen) atoms. The van der Waals surface area contributed by atoms with E-state index in [9.17, 15) is 18.8 Å². The van der Waals surface area contributed by atoms with Crippen molar-refractivity contribution in [2.24, 2.45) is 0 Å². The first-order valence-electron chi connectivity index (χ1n) is 9.02. The van der Waals surface area contributed by atoms with Crippen LogP contribution < -0.4 is 16.0 Å². The lowest BCUT2D eigenvalue weighted by Gasteiger charge is -2.19. The van der Waals surface area contributed by atoms with Crippen molar-refractivity contribution in [3.8, 4) is 0 Å². The van der Waals surface area contributed by atoms with Gasteiger partial charge in [-0.05, 0) is 62.7 Å². The third-order valence-electron chi connectivity index (χ3n) is 3.56. The summed E-state index contributed by atoms with van der Waals surface area (Å²) in [5.41, 5.74) is 0.990. The topological polar surface area (TPSA) is 96.5 Å². The van der Waals surface area contributed by atoms with E-state index in [0.717, 1.165) is 5.56 Å². The van der Waals surface area contributed by atoms with Crippen LogP contribution in [0.2, 0.25) is 0 Å². The molecule has 3 amide bonds. The number of benzene rings is 2. The molecule has 0 aliphatic heterocycles. The summed E-state index contributed by atoms with van der Waals surface area (Å²) in [4.78, 5) is 35.7. The number of hydrogen-bond donors (Lipinski definition) is 3. The van der Waals surface area contributed by atoms with Gasteiger partial charge in [0.25, 0.3) is 5.91 Å². The number of nitrogens with one attached hydrogen (secondary N) is 3. The number of carbonyl (C=O) groups excluding carboxylic acids is 3. The Balaban J connectivity index is 1.84. The minimum Gasteiger partial charge on any atom is -0.444 e. The lowest BCUT2D eigenvalue weighted by Crippen LogP contribution is -2.37. The molecular formula is C21H24FN3O4. The summed E-state index contributed by atoms with van der Waals surface area (Å²) in [6.07, 6.45) is -0.676. The van der Waals surface area contributed by atoms with Crippen LogP contribution in [0.1, 0.15) is 36.7 Å². The van der Waals surface area contributed by atoms with Gasteiger partial charge in [0.15, 0.2) is 0 Å². The third kappa shape index (κ3) is 8.00. The molecule has 0 aromatic heterocycles. The van der Waals surface area contributed by atoms with Crippen molar-refractivity contribution in [3.05, 3.63) is 65.5 Å². The first-order chi connectivity index (χ1) is 13.6. The van der Waals surface area contributed by atoms with Gasteiger partial charge in [0, 0.05) is 17.8 Å². The van der Waals surface area contributed by atoms with E-state index in [1.54, 1.807) is 45.0 Å². The van der Waals surface area contributed by atoms with Gasteiger partial charge in [-0.25, -0.2) is 9.18 Å². The lowest BCUT2D eigenvalue weighted by atomic mass is 10.1. The fourth-order valence-electron chi connectivity index (χ4n) is 2.32. The molecule has 7 nitrogen and oxygen atoms in total. The van der Waals surface area contributed by atoms with Gasteiger partial charge >= 0.3 is 6.09 Å². The molecule has 2 aromatic rings. The molecule has 2 rings (SSSR count). The van der Waals surface area contributed by atoms with Crippen LogP contribution in [0, 0.1) is 5.82 Å². The molecule has 0 unspecified atom stereocenters. The quantitative estimate of drug-likeness (QED) is 0.692. The Morgan fingerprint density at radius 3 is 2.34 bits per heavy atom. The number of carbonyl (C=O) groups is 3. The zero-order valence-corrected chi connectivity index (χ0v) is 16.5. The highest BCUT2D eigenvalue weighted by Gasteiger charge is 2.16. The van der Waals surface area contributed by atoms with Crippen molar-refractivity contribution in [2.75, 3.05) is 11.9 Å². The predicted octanol–water partition coefficient (Wildman–Crippen LogP) is 3.22. The average Bonchev–Trinajstić information content (AvgIpc) is 2.64. The van der Waals surface area contributed by atoms with Gasteiger partial charge in [0.05, 0.1) is 0 Å². The van der Waals surface area contributed by atoms with Crippen LogP contribution in [-0.4, -0.2) is 30.1 Å². The number of alkyl carbamates (subject to hydrolysis) is 1. The predicted molar refractivity (Wildman–Crippen MR) is 107 cm³/mol. The Morgan fingerprint density at radius 2 is 1.69 bits per heavy atom. The molecule has 8 heteroatoms. The molecule has 0 heterocycles. The molecule has 154 valence electrons. The Hall–Kier alpha value is -3.42. The highest BCUT2D eigenvalue weighted by molar-refractivity contribution is 5.94. The highest BCUT2D eigenvalue weighted by atomic mass is 19.1. The van der Waals surface area contributed by atoms with E-state index in [0.29, 0.717) is 11.3 Å². The lowest BCUT2D eigenvalue weighted by molar-refractivity contribution is -0.115. The maximum atomic E-state index is 12.9. The Kier molecular flexibility index (Phi) is 7.30. The summed E-state index contributed by atoms with van der Waals surface area (Å²) >= 11 is 0. The summed E-state index contributed by atoms with van der Waals surface area (Å²) in [6, 6.07) is 12.2. The van der Waals surface area contributed by atoms with Crippen LogP contribution in [0.25, 0.3) is 0 Å². The molecule has 0 fully saturated rings. The minimum atomic E-state index is -0.676. The van der Waals surface area contributed by atoms with E-state index in [1.807, 2.05) is 0 Å². The van der Waals surface area contributed by atoms with Crippen LogP contribution in [-0.2, 0) is 16.1 Å². The SMILES string of the molecule is CC(C)(C)OC(=O)NCC(=O)Nc1cccc(CNC(=O)c2ccc(F)cc2)c1. The second kappa shape index (κ2) is 9.68. The fraction of sp³-hybridized carbons (Fsp3) is 0.286. The summed E-state index contributed by atoms with van der Waals surface area (Å²) in [7, 11) is 0. The second-order valence-electron chi connectivity index (χ2n) is 7.29. The molecule has 0 radical (unpaired) electrons. The minimum absolute atomic E-state index is 0.232. The Morgan fingerprint density at radius 1 is 1.00 bits per heavy atom. The van der Waals surface area contributed by atoms with Gasteiger partial charge in [-0.15, -0.1) is 0 Å². The van der Waals surface area contributed by atoms with Gasteiger partial charge in [-0.1, -0.05) is 12.1 Å². The van der Waals surface area contributed by atoms with Gasteiger partial charge in [0.1, 0.15) is 18.0 Å². The van der Waals surface area contributed by atoms with E-state index in [-0.39, 0.29) is 19.0 Å². The molecule has 0 saturated carbocycles. The maximum absolute atomic E-state index is 12.9. The van der Waals surface area contributed by atoms with Crippen LogP contribution in [0.15, 0.2) is 48.5 Å². The van der Waals surface area contributed by atoms with Crippen molar-refractivity contribution in [1.29, 1.82) is 0 Å². The highest BCUT2D eigenvalue weighted by Crippen LogP contribution is 2.11. The van der Waals surface area contributed by atoms with Crippen molar-refractivity contribution in [3.63, 3.8) is 0 Å². The van der Waals surface area contributed by atoms with Crippen molar-refractivity contribution in [2.45, 2.75) is 32.9 Å². The molecular weight excluding hydrogens is 377 g/mol. The van der Waals surface area contributed by atoms with Crippen LogP contribution in [0.4, 0.5) is 14.9 Å². The van der Waals surface area contributed by atoms with Crippen molar-refractivity contribution in [1.82, 2.24) is 10.6 Å². The summed E-state index contributed by atoms with van der Waals surface area (Å²) in [5, 5.41) is 7.77. The van der Waals surface area contributed by atoms with Crippen LogP contribution in [0.3, 0.4) is 0 Å². The Bertz CT molecular complexity index is 876. The monoisotopic (exact) mass is 401 g/mol. The molecule has 0 bridgehead atoms. The number of amides is 3. The fourth-order valence-corrected chi connectivity index (χ4v) is 2.32. The first kappa shape index (κ1) is 21.9. The zero-order valence-electron chi connectivity index (χ0n) is 16.5. The maximum Gasteiger partial charge on any atom is 0.408 e. The largest absolute Gasteiger partial charge is 0.444 e. The van der Waals surface area contributed by atoms with Gasteiger partial charge in [-0.3, -0.25) is 9.59 Å². The summed E-state index contributed by atoms with van der Waals surface area (Å²) in [6.45, 7) is 5.18. The number of ether oxygens (including phenoxy) is 1. The van der Waals surface area contributed by atoms with E-state index in [1.165, 1.54) is 24.3 Å². The molecule has 2 aromatic carbocycles. The van der Waals surface area contributed by atoms with Gasteiger partial charge in [-0.2, -0.15) is 0 Å². The number of anilines is 1. The molecule has 0 saturated heterocycles. The summed E-state index contributed by atoms with van der Waals surface area (Å²) < 4.78 is 18.0. The van der Waals surface area contributed by atoms with Crippen LogP contribution >= 0.6 is 0 Å². The molecule has 0 aliphatic carbocycles. The van der Waals surface area contributed by atoms with E-state index in [4.69, 9.17) is 4.74 Å². The summed E-state index contributed by atoms with van der Waals surface area (Å²) in [5.74, 6) is -1.16. The first-order valence-corrected chi connectivity index (χ1v) is 9.02. The molecule has 0 atom stereocenters. The van der Waals surface area contributed by atoms with E-state index < -0.39 is 23.4 Å². The van der Waals surface area contributed by atoms with E-state index in [2.05, 4.69) is 16.0 Å². The van der Waals surface area contributed by atoms with Crippen LogP contribution in [0.5, 0.6) is 0 Å². The van der Waals surface area contributed by atoms with Gasteiger partial charge < -0.3 is 20.7 Å². The average molecular weight is 401 g/mol. The van der Waals surface area contributed by atoms with Gasteiger partial charge in [0.2, 0.25) is 5.91 Å². The van der Waals surface area contributed by atoms with Crippen molar-refractivity contribution < 1.29 is 23.5 Å². The standard InChI is InChI=1S/C21H24FN3O4/c1-21(2,3)29-20(28)24-13-18(26)25-17-6-4-5-14(11-17)12-23-19(27)15-7-9-16(22)10-8-15/h4-11H,12-13H2,1-3H3,(H,23,27)(H,24,28)(H,25,26). The zero-order chi connectivity index (χ0) is 21.4. The van der Waals surface area contributed by atoms with Crippen molar-refractivity contribution >= 4 is 23.6 Å². The number of halogens is 1. The Labute approximate surface area is 168 Å². The second-order valence-corrected chi connectivity index (χ2v) is 7.29. The molecule has 0 aliphatic rings. The third-order valence-corrected chi connectivity index (χ3v) is 3.56. The molecule has 3 N–H and O–H groups in total. The number of hydrogen-bond acceptors (Lipinski definition) is 4. The smallest absolute Gasteiger partial charge is 0.408 e. The molecule has 0 spiro atoms. The number of rotatable bonds is 6.